The fourth-order valence-electron chi connectivity index (χ4n) is 2.33. The molecule has 0 amide bonds. The van der Waals surface area contributed by atoms with Crippen LogP contribution in [-0.4, -0.2) is 12.6 Å². The number of allylic oxidation sites excluding steroid dienone is 1. The fourth-order valence-corrected chi connectivity index (χ4v) is 2.33. The summed E-state index contributed by atoms with van der Waals surface area (Å²) in [7, 11) is 1.71. The van der Waals surface area contributed by atoms with Gasteiger partial charge in [-0.3, -0.25) is 0 Å². The fraction of sp³-hybridized carbons (Fsp3) is 0.429. The van der Waals surface area contributed by atoms with Crippen molar-refractivity contribution in [3.63, 3.8) is 0 Å². The summed E-state index contributed by atoms with van der Waals surface area (Å²) < 4.78 is 5.31. The molecule has 86 valence electrons. The Hall–Kier alpha value is -1.44. The van der Waals surface area contributed by atoms with E-state index in [0.29, 0.717) is 0 Å². The molecule has 0 spiro atoms. The van der Waals surface area contributed by atoms with E-state index in [0.717, 1.165) is 5.75 Å². The van der Waals surface area contributed by atoms with Crippen LogP contribution in [-0.2, 0) is 0 Å². The molecule has 0 saturated heterocycles. The Morgan fingerprint density at radius 3 is 2.50 bits per heavy atom. The Kier molecular flexibility index (Phi) is 2.45. The summed E-state index contributed by atoms with van der Waals surface area (Å²) in [6, 6.07) is 4.16. The Morgan fingerprint density at radius 1 is 1.19 bits per heavy atom. The van der Waals surface area contributed by atoms with E-state index >= 15 is 0 Å². The van der Waals surface area contributed by atoms with Crippen molar-refractivity contribution in [1.29, 1.82) is 0 Å². The topological polar surface area (TPSA) is 21.3 Å². The summed E-state index contributed by atoms with van der Waals surface area (Å²) in [4.78, 5) is 0. The number of anilines is 1. The molecule has 1 heterocycles. The zero-order valence-electron chi connectivity index (χ0n) is 10.6. The molecule has 0 aliphatic carbocycles. The van der Waals surface area contributed by atoms with E-state index in [1.165, 1.54) is 22.4 Å². The van der Waals surface area contributed by atoms with Gasteiger partial charge >= 0.3 is 0 Å². The Balaban J connectivity index is 2.61. The largest absolute Gasteiger partial charge is 0.497 e. The van der Waals surface area contributed by atoms with Crippen LogP contribution in [0.3, 0.4) is 0 Å². The first-order valence-electron chi connectivity index (χ1n) is 5.59. The number of hydrogen-bond acceptors (Lipinski definition) is 2. The first-order chi connectivity index (χ1) is 7.43. The molecular weight excluding hydrogens is 198 g/mol. The van der Waals surface area contributed by atoms with Crippen molar-refractivity contribution in [2.45, 2.75) is 33.2 Å². The molecule has 0 saturated carbocycles. The molecule has 0 bridgehead atoms. The van der Waals surface area contributed by atoms with Gasteiger partial charge in [-0.2, -0.15) is 0 Å². The van der Waals surface area contributed by atoms with Crippen LogP contribution in [0.5, 0.6) is 5.75 Å². The summed E-state index contributed by atoms with van der Waals surface area (Å²) in [6.45, 7) is 8.63. The number of aryl methyl sites for hydroxylation is 1. The second-order valence-electron chi connectivity index (χ2n) is 5.04. The highest BCUT2D eigenvalue weighted by Crippen LogP contribution is 2.38. The average Bonchev–Trinajstić information content (AvgIpc) is 2.18. The highest BCUT2D eigenvalue weighted by Gasteiger charge is 2.24. The summed E-state index contributed by atoms with van der Waals surface area (Å²) in [5.74, 6) is 0.922. The maximum Gasteiger partial charge on any atom is 0.119 e. The number of hydrogen-bond donors (Lipinski definition) is 1. The van der Waals surface area contributed by atoms with Crippen molar-refractivity contribution in [3.8, 4) is 5.75 Å². The number of ether oxygens (including phenoxy) is 1. The van der Waals surface area contributed by atoms with Gasteiger partial charge in [0.05, 0.1) is 12.6 Å². The lowest BCUT2D eigenvalue weighted by atomic mass is 9.89. The lowest BCUT2D eigenvalue weighted by Gasteiger charge is -2.32. The standard InChI is InChI=1S/C14H19NO/c1-9-6-11(16-5)7-12-10(2)8-14(3,4)15-13(9)12/h6-8,15H,1-5H3. The van der Waals surface area contributed by atoms with Gasteiger partial charge < -0.3 is 10.1 Å². The number of methoxy groups -OCH3 is 1. The number of rotatable bonds is 1. The summed E-state index contributed by atoms with van der Waals surface area (Å²) >= 11 is 0. The molecule has 0 unspecified atom stereocenters. The highest BCUT2D eigenvalue weighted by atomic mass is 16.5. The third-order valence-corrected chi connectivity index (χ3v) is 2.99. The van der Waals surface area contributed by atoms with Crippen LogP contribution in [0.15, 0.2) is 18.2 Å². The predicted octanol–water partition coefficient (Wildman–Crippen LogP) is 3.61. The van der Waals surface area contributed by atoms with E-state index < -0.39 is 0 Å². The van der Waals surface area contributed by atoms with Crippen molar-refractivity contribution in [1.82, 2.24) is 0 Å². The maximum absolute atomic E-state index is 5.31. The maximum atomic E-state index is 5.31. The van der Waals surface area contributed by atoms with Gasteiger partial charge in [0, 0.05) is 11.3 Å². The molecule has 16 heavy (non-hydrogen) atoms. The molecule has 2 rings (SSSR count). The summed E-state index contributed by atoms with van der Waals surface area (Å²) in [5.41, 5.74) is 5.04. The van der Waals surface area contributed by atoms with Crippen molar-refractivity contribution in [2.75, 3.05) is 12.4 Å². The van der Waals surface area contributed by atoms with E-state index in [4.69, 9.17) is 4.74 Å². The van der Waals surface area contributed by atoms with E-state index in [1.807, 2.05) is 0 Å². The van der Waals surface area contributed by atoms with Crippen LogP contribution < -0.4 is 10.1 Å². The molecule has 1 aromatic carbocycles. The van der Waals surface area contributed by atoms with Gasteiger partial charge in [0.15, 0.2) is 0 Å². The predicted molar refractivity (Wildman–Crippen MR) is 69.1 cm³/mol. The zero-order valence-corrected chi connectivity index (χ0v) is 10.6. The third-order valence-electron chi connectivity index (χ3n) is 2.99. The van der Waals surface area contributed by atoms with Crippen molar-refractivity contribution >= 4 is 11.3 Å². The normalized spacial score (nSPS) is 17.2. The van der Waals surface area contributed by atoms with Crippen molar-refractivity contribution in [2.24, 2.45) is 0 Å². The Labute approximate surface area is 97.3 Å². The molecule has 1 aliphatic heterocycles. The van der Waals surface area contributed by atoms with Crippen LogP contribution in [0.1, 0.15) is 31.9 Å². The lowest BCUT2D eigenvalue weighted by Crippen LogP contribution is -2.32. The molecule has 0 radical (unpaired) electrons. The zero-order chi connectivity index (χ0) is 11.9. The SMILES string of the molecule is COc1cc(C)c2c(c1)C(C)=CC(C)(C)N2. The average molecular weight is 217 g/mol. The van der Waals surface area contributed by atoms with Crippen LogP contribution in [0.25, 0.3) is 5.57 Å². The second-order valence-corrected chi connectivity index (χ2v) is 5.04. The minimum absolute atomic E-state index is 0.0242. The molecule has 2 heteroatoms. The van der Waals surface area contributed by atoms with Crippen molar-refractivity contribution < 1.29 is 4.74 Å². The Bertz CT molecular complexity index is 458. The highest BCUT2D eigenvalue weighted by molar-refractivity contribution is 5.82. The first kappa shape index (κ1) is 11.1. The quantitative estimate of drug-likeness (QED) is 0.776. The Morgan fingerprint density at radius 2 is 1.88 bits per heavy atom. The summed E-state index contributed by atoms with van der Waals surface area (Å²) in [6.07, 6.45) is 2.26. The lowest BCUT2D eigenvalue weighted by molar-refractivity contribution is 0.414. The van der Waals surface area contributed by atoms with E-state index in [-0.39, 0.29) is 5.54 Å². The second kappa shape index (κ2) is 3.55. The van der Waals surface area contributed by atoms with Crippen LogP contribution in [0, 0.1) is 6.92 Å². The molecule has 2 nitrogen and oxygen atoms in total. The monoisotopic (exact) mass is 217 g/mol. The van der Waals surface area contributed by atoms with Gasteiger partial charge in [0.2, 0.25) is 0 Å². The van der Waals surface area contributed by atoms with E-state index in [9.17, 15) is 0 Å². The van der Waals surface area contributed by atoms with Gasteiger partial charge in [-0.25, -0.2) is 0 Å². The molecule has 0 atom stereocenters. The minimum Gasteiger partial charge on any atom is -0.497 e. The van der Waals surface area contributed by atoms with Crippen molar-refractivity contribution in [3.05, 3.63) is 29.3 Å². The van der Waals surface area contributed by atoms with E-state index in [2.05, 4.69) is 51.2 Å². The number of fused-ring (bicyclic) bond motifs is 1. The third kappa shape index (κ3) is 1.80. The molecule has 1 aromatic rings. The molecule has 0 aromatic heterocycles. The van der Waals surface area contributed by atoms with Crippen LogP contribution >= 0.6 is 0 Å². The van der Waals surface area contributed by atoms with Gasteiger partial charge in [0.1, 0.15) is 5.75 Å². The molecule has 1 aliphatic rings. The first-order valence-corrected chi connectivity index (χ1v) is 5.59. The summed E-state index contributed by atoms with van der Waals surface area (Å²) in [5, 5.41) is 3.55. The van der Waals surface area contributed by atoms with E-state index in [1.54, 1.807) is 7.11 Å². The smallest absolute Gasteiger partial charge is 0.119 e. The van der Waals surface area contributed by atoms with Crippen LogP contribution in [0.2, 0.25) is 0 Å². The van der Waals surface area contributed by atoms with Gasteiger partial charge in [0.25, 0.3) is 0 Å². The number of nitrogens with one attached hydrogen (secondary N) is 1. The van der Waals surface area contributed by atoms with Gasteiger partial charge in [-0.1, -0.05) is 6.08 Å². The van der Waals surface area contributed by atoms with Crippen LogP contribution in [0.4, 0.5) is 5.69 Å². The van der Waals surface area contributed by atoms with Gasteiger partial charge in [-0.15, -0.1) is 0 Å². The molecule has 0 fully saturated rings. The van der Waals surface area contributed by atoms with Gasteiger partial charge in [-0.05, 0) is 51.0 Å². The minimum atomic E-state index is 0.0242. The number of benzene rings is 1. The molecule has 1 N–H and O–H groups in total. The molecular formula is C14H19NO.